The molecule has 7 heteroatoms. The Morgan fingerprint density at radius 2 is 1.91 bits per heavy atom. The van der Waals surface area contributed by atoms with Crippen LogP contribution in [0.5, 0.6) is 11.5 Å². The summed E-state index contributed by atoms with van der Waals surface area (Å²) in [4.78, 5) is 12.0. The molecule has 0 aromatic heterocycles. The summed E-state index contributed by atoms with van der Waals surface area (Å²) >= 11 is 12.6. The van der Waals surface area contributed by atoms with Crippen LogP contribution in [-0.2, 0) is 4.79 Å². The van der Waals surface area contributed by atoms with Gasteiger partial charge in [0, 0.05) is 9.50 Å². The molecule has 0 saturated heterocycles. The van der Waals surface area contributed by atoms with Crippen molar-refractivity contribution >= 4 is 55.1 Å². The smallest absolute Gasteiger partial charge is 0.262 e. The third kappa shape index (κ3) is 4.63. The van der Waals surface area contributed by atoms with Crippen LogP contribution in [0.25, 0.3) is 0 Å². The summed E-state index contributed by atoms with van der Waals surface area (Å²) in [6, 6.07) is 10.4. The molecule has 0 radical (unpaired) electrons. The zero-order valence-electron chi connectivity index (χ0n) is 11.5. The lowest BCUT2D eigenvalue weighted by Crippen LogP contribution is -2.20. The number of methoxy groups -OCH3 is 1. The van der Waals surface area contributed by atoms with Crippen LogP contribution < -0.4 is 14.8 Å². The number of nitrogens with one attached hydrogen (secondary N) is 1. The predicted octanol–water partition coefficient (Wildman–Crippen LogP) is 4.89. The number of carbonyl (C=O) groups excluding carboxylic acids is 1. The molecule has 0 spiro atoms. The second-order valence-electron chi connectivity index (χ2n) is 4.26. The maximum atomic E-state index is 12.0. The fourth-order valence-electron chi connectivity index (χ4n) is 1.70. The third-order valence-corrected chi connectivity index (χ3v) is 4.04. The second kappa shape index (κ2) is 7.85. The molecular weight excluding hydrogens is 437 g/mol. The zero-order valence-corrected chi connectivity index (χ0v) is 15.5. The minimum Gasteiger partial charge on any atom is -0.495 e. The average molecular weight is 450 g/mol. The molecule has 0 atom stereocenters. The van der Waals surface area contributed by atoms with Gasteiger partial charge in [0.2, 0.25) is 0 Å². The van der Waals surface area contributed by atoms with Gasteiger partial charge in [-0.25, -0.2) is 0 Å². The van der Waals surface area contributed by atoms with Crippen molar-refractivity contribution in [3.05, 3.63) is 50.4 Å². The Balaban J connectivity index is 2.00. The number of anilines is 1. The summed E-state index contributed by atoms with van der Waals surface area (Å²) in [5, 5.41) is 3.21. The van der Waals surface area contributed by atoms with E-state index in [9.17, 15) is 4.79 Å². The Labute approximate surface area is 150 Å². The molecule has 4 nitrogen and oxygen atoms in total. The van der Waals surface area contributed by atoms with Gasteiger partial charge in [-0.2, -0.15) is 0 Å². The number of hydrogen-bond donors (Lipinski definition) is 1. The van der Waals surface area contributed by atoms with E-state index in [4.69, 9.17) is 21.1 Å². The van der Waals surface area contributed by atoms with Gasteiger partial charge in [0.15, 0.2) is 6.61 Å². The van der Waals surface area contributed by atoms with E-state index in [0.717, 1.165) is 8.95 Å². The molecule has 1 amide bonds. The molecule has 2 rings (SSSR count). The van der Waals surface area contributed by atoms with Crippen molar-refractivity contribution in [2.75, 3.05) is 19.0 Å². The average Bonchev–Trinajstić information content (AvgIpc) is 2.46. The van der Waals surface area contributed by atoms with Crippen molar-refractivity contribution in [3.63, 3.8) is 0 Å². The number of rotatable bonds is 5. The summed E-state index contributed by atoms with van der Waals surface area (Å²) < 4.78 is 12.3. The summed E-state index contributed by atoms with van der Waals surface area (Å²) in [6.45, 7) is -0.129. The fraction of sp³-hybridized carbons (Fsp3) is 0.133. The van der Waals surface area contributed by atoms with Gasteiger partial charge in [0.25, 0.3) is 5.91 Å². The molecule has 0 aliphatic rings. The van der Waals surface area contributed by atoms with E-state index < -0.39 is 0 Å². The number of ether oxygens (including phenoxy) is 2. The van der Waals surface area contributed by atoms with Gasteiger partial charge < -0.3 is 14.8 Å². The quantitative estimate of drug-likeness (QED) is 0.707. The maximum absolute atomic E-state index is 12.0. The van der Waals surface area contributed by atoms with Gasteiger partial charge in [-0.3, -0.25) is 4.79 Å². The van der Waals surface area contributed by atoms with E-state index in [2.05, 4.69) is 37.2 Å². The van der Waals surface area contributed by atoms with Crippen molar-refractivity contribution in [3.8, 4) is 11.5 Å². The summed E-state index contributed by atoms with van der Waals surface area (Å²) in [5.74, 6) is 0.800. The Morgan fingerprint density at radius 3 is 2.59 bits per heavy atom. The van der Waals surface area contributed by atoms with Crippen LogP contribution in [0, 0.1) is 0 Å². The van der Waals surface area contributed by atoms with E-state index in [-0.39, 0.29) is 12.5 Å². The molecule has 1 N–H and O–H groups in total. The Hall–Kier alpha value is -1.24. The van der Waals surface area contributed by atoms with Crippen molar-refractivity contribution in [1.29, 1.82) is 0 Å². The zero-order chi connectivity index (χ0) is 16.1. The largest absolute Gasteiger partial charge is 0.495 e. The minimum absolute atomic E-state index is 0.129. The minimum atomic E-state index is -0.310. The highest BCUT2D eigenvalue weighted by Crippen LogP contribution is 2.29. The standard InChI is InChI=1S/C15H12Br2ClNO3/c1-21-14-5-3-10(18)7-12(14)19-15(20)8-22-13-4-2-9(16)6-11(13)17/h2-7H,8H2,1H3,(H,19,20). The van der Waals surface area contributed by atoms with Crippen molar-refractivity contribution in [2.45, 2.75) is 0 Å². The molecule has 2 aromatic carbocycles. The summed E-state index contributed by atoms with van der Waals surface area (Å²) in [6.07, 6.45) is 0. The number of benzene rings is 2. The monoisotopic (exact) mass is 447 g/mol. The van der Waals surface area contributed by atoms with Crippen LogP contribution in [0.2, 0.25) is 5.02 Å². The van der Waals surface area contributed by atoms with E-state index in [1.807, 2.05) is 12.1 Å². The van der Waals surface area contributed by atoms with E-state index in [1.165, 1.54) is 7.11 Å². The van der Waals surface area contributed by atoms with Gasteiger partial charge in [0.1, 0.15) is 11.5 Å². The lowest BCUT2D eigenvalue weighted by atomic mass is 10.3. The normalized spacial score (nSPS) is 10.2. The SMILES string of the molecule is COc1ccc(Cl)cc1NC(=O)COc1ccc(Br)cc1Br. The highest BCUT2D eigenvalue weighted by Gasteiger charge is 2.10. The van der Waals surface area contributed by atoms with Crippen LogP contribution in [0.4, 0.5) is 5.69 Å². The van der Waals surface area contributed by atoms with Gasteiger partial charge in [-0.1, -0.05) is 27.5 Å². The van der Waals surface area contributed by atoms with Gasteiger partial charge >= 0.3 is 0 Å². The van der Waals surface area contributed by atoms with Crippen molar-refractivity contribution in [2.24, 2.45) is 0 Å². The first-order chi connectivity index (χ1) is 10.5. The molecule has 116 valence electrons. The third-order valence-electron chi connectivity index (χ3n) is 2.69. The van der Waals surface area contributed by atoms with Gasteiger partial charge in [-0.05, 0) is 52.3 Å². The Morgan fingerprint density at radius 1 is 1.18 bits per heavy atom. The molecule has 0 saturated carbocycles. The fourth-order valence-corrected chi connectivity index (χ4v) is 3.03. The number of halogens is 3. The molecule has 0 aliphatic carbocycles. The van der Waals surface area contributed by atoms with E-state index in [1.54, 1.807) is 24.3 Å². The number of hydrogen-bond acceptors (Lipinski definition) is 3. The second-order valence-corrected chi connectivity index (χ2v) is 6.46. The molecule has 22 heavy (non-hydrogen) atoms. The molecule has 0 aliphatic heterocycles. The van der Waals surface area contributed by atoms with Crippen molar-refractivity contribution in [1.82, 2.24) is 0 Å². The predicted molar refractivity (Wildman–Crippen MR) is 94.0 cm³/mol. The molecule has 0 heterocycles. The molecule has 0 unspecified atom stereocenters. The van der Waals surface area contributed by atoms with Gasteiger partial charge in [-0.15, -0.1) is 0 Å². The van der Waals surface area contributed by atoms with Crippen molar-refractivity contribution < 1.29 is 14.3 Å². The first-order valence-electron chi connectivity index (χ1n) is 6.21. The first-order valence-corrected chi connectivity index (χ1v) is 8.17. The maximum Gasteiger partial charge on any atom is 0.262 e. The van der Waals surface area contributed by atoms with Crippen LogP contribution in [0.1, 0.15) is 0 Å². The Kier molecular flexibility index (Phi) is 6.11. The van der Waals surface area contributed by atoms with E-state index >= 15 is 0 Å². The molecular formula is C15H12Br2ClNO3. The molecule has 0 bridgehead atoms. The highest BCUT2D eigenvalue weighted by atomic mass is 79.9. The number of amides is 1. The first kappa shape index (κ1) is 17.1. The molecule has 2 aromatic rings. The van der Waals surface area contributed by atoms with Gasteiger partial charge in [0.05, 0.1) is 17.3 Å². The highest BCUT2D eigenvalue weighted by molar-refractivity contribution is 9.11. The topological polar surface area (TPSA) is 47.6 Å². The lowest BCUT2D eigenvalue weighted by Gasteiger charge is -2.12. The number of carbonyl (C=O) groups is 1. The van der Waals surface area contributed by atoms with E-state index in [0.29, 0.717) is 22.2 Å². The van der Waals surface area contributed by atoms with Crippen LogP contribution in [-0.4, -0.2) is 19.6 Å². The summed E-state index contributed by atoms with van der Waals surface area (Å²) in [7, 11) is 1.52. The van der Waals surface area contributed by atoms with Crippen LogP contribution in [0.3, 0.4) is 0 Å². The Bertz CT molecular complexity index is 694. The lowest BCUT2D eigenvalue weighted by molar-refractivity contribution is -0.118. The summed E-state index contributed by atoms with van der Waals surface area (Å²) in [5.41, 5.74) is 0.499. The van der Waals surface area contributed by atoms with Crippen LogP contribution in [0.15, 0.2) is 45.3 Å². The molecule has 0 fully saturated rings. The van der Waals surface area contributed by atoms with Crippen LogP contribution >= 0.6 is 43.5 Å².